The quantitative estimate of drug-likeness (QED) is 0.256. The Morgan fingerprint density at radius 1 is 1.11 bits per heavy atom. The highest BCUT2D eigenvalue weighted by molar-refractivity contribution is 7.98. The van der Waals surface area contributed by atoms with Gasteiger partial charge in [0, 0.05) is 22.9 Å². The van der Waals surface area contributed by atoms with Crippen LogP contribution < -0.4 is 10.1 Å². The van der Waals surface area contributed by atoms with Gasteiger partial charge in [-0.25, -0.2) is 0 Å². The van der Waals surface area contributed by atoms with Crippen LogP contribution in [-0.4, -0.2) is 21.4 Å². The summed E-state index contributed by atoms with van der Waals surface area (Å²) in [5.74, 6) is 2.20. The summed E-state index contributed by atoms with van der Waals surface area (Å²) in [4.78, 5) is 4.85. The van der Waals surface area contributed by atoms with Gasteiger partial charge < -0.3 is 10.1 Å². The van der Waals surface area contributed by atoms with Crippen molar-refractivity contribution in [3.8, 4) is 17.1 Å². The van der Waals surface area contributed by atoms with Crippen molar-refractivity contribution >= 4 is 17.4 Å². The molecule has 0 spiro atoms. The highest BCUT2D eigenvalue weighted by Gasteiger charge is 2.34. The number of ether oxygens (including phenoxy) is 1. The maximum atomic E-state index is 6.63. The first kappa shape index (κ1) is 25.5. The Balaban J connectivity index is 1.37. The van der Waals surface area contributed by atoms with Gasteiger partial charge in [0.05, 0.1) is 0 Å². The molecule has 192 valence electrons. The number of fused-ring (bicyclic) bond motifs is 3. The Labute approximate surface area is 224 Å². The molecule has 0 bridgehead atoms. The van der Waals surface area contributed by atoms with Crippen LogP contribution in [0.25, 0.3) is 11.3 Å². The van der Waals surface area contributed by atoms with Crippen LogP contribution in [0.15, 0.2) is 77.0 Å². The molecule has 0 saturated carbocycles. The largest absolute Gasteiger partial charge is 0.452 e. The van der Waals surface area contributed by atoms with E-state index in [1.165, 1.54) is 16.7 Å². The van der Waals surface area contributed by atoms with E-state index in [9.17, 15) is 0 Å². The average Bonchev–Trinajstić information content (AvgIpc) is 3.04. The molecule has 3 aromatic rings. The number of anilines is 1. The Bertz CT molecular complexity index is 1300. The van der Waals surface area contributed by atoms with E-state index in [1.54, 1.807) is 17.3 Å². The maximum absolute atomic E-state index is 6.63. The molecule has 1 N–H and O–H groups in total. The smallest absolute Gasteiger partial charge is 0.247 e. The normalized spacial score (nSPS) is 20.4. The lowest BCUT2D eigenvalue weighted by molar-refractivity contribution is 0.114. The SMILES string of the molecule is CC(C)=CCCC1=CC[C@H]([C@@H]2Nc3ccccc3-c3nnc(SCc4ccc(C)cc4)nc3O2)[C@@H](C)C1. The number of hydrogen-bond donors (Lipinski definition) is 1. The summed E-state index contributed by atoms with van der Waals surface area (Å²) in [5, 5.41) is 13.4. The monoisotopic (exact) mass is 512 g/mol. The molecule has 5 nitrogen and oxygen atoms in total. The van der Waals surface area contributed by atoms with E-state index in [4.69, 9.17) is 9.72 Å². The first-order chi connectivity index (χ1) is 18.0. The van der Waals surface area contributed by atoms with Crippen molar-refractivity contribution in [2.75, 3.05) is 5.32 Å². The van der Waals surface area contributed by atoms with Crippen LogP contribution in [0.3, 0.4) is 0 Å². The number of benzene rings is 2. The molecule has 2 aliphatic rings. The van der Waals surface area contributed by atoms with Crippen LogP contribution in [0.5, 0.6) is 5.88 Å². The molecule has 5 rings (SSSR count). The molecule has 3 atom stereocenters. The van der Waals surface area contributed by atoms with E-state index in [-0.39, 0.29) is 6.23 Å². The van der Waals surface area contributed by atoms with E-state index in [1.807, 2.05) is 12.1 Å². The van der Waals surface area contributed by atoms with E-state index in [2.05, 4.69) is 91.8 Å². The summed E-state index contributed by atoms with van der Waals surface area (Å²) in [7, 11) is 0. The summed E-state index contributed by atoms with van der Waals surface area (Å²) in [6.45, 7) is 8.79. The van der Waals surface area contributed by atoms with E-state index in [0.29, 0.717) is 28.6 Å². The molecule has 1 aliphatic carbocycles. The van der Waals surface area contributed by atoms with Crippen molar-refractivity contribution in [1.82, 2.24) is 15.2 Å². The van der Waals surface area contributed by atoms with Gasteiger partial charge in [-0.1, -0.05) is 90.0 Å². The summed E-state index contributed by atoms with van der Waals surface area (Å²) < 4.78 is 6.63. The Morgan fingerprint density at radius 3 is 2.70 bits per heavy atom. The minimum absolute atomic E-state index is 0.181. The highest BCUT2D eigenvalue weighted by atomic mass is 32.2. The highest BCUT2D eigenvalue weighted by Crippen LogP contribution is 2.41. The van der Waals surface area contributed by atoms with Crippen molar-refractivity contribution < 1.29 is 4.74 Å². The molecule has 37 heavy (non-hydrogen) atoms. The lowest BCUT2D eigenvalue weighted by Crippen LogP contribution is -2.39. The Morgan fingerprint density at radius 2 is 1.92 bits per heavy atom. The summed E-state index contributed by atoms with van der Waals surface area (Å²) in [6.07, 6.45) is 8.96. The van der Waals surface area contributed by atoms with Crippen molar-refractivity contribution in [3.05, 3.63) is 83.0 Å². The van der Waals surface area contributed by atoms with Crippen LogP contribution in [0.2, 0.25) is 0 Å². The molecule has 6 heteroatoms. The first-order valence-corrected chi connectivity index (χ1v) is 14.2. The molecule has 0 radical (unpaired) electrons. The number of aromatic nitrogens is 3. The zero-order chi connectivity index (χ0) is 25.8. The molecule has 1 aromatic heterocycles. The standard InChI is InChI=1S/C31H36N4OS/c1-20(2)8-7-9-23-16-17-25(22(4)18-23)29-32-27-11-6-5-10-26(27)28-30(36-29)33-31(35-34-28)37-19-24-14-12-21(3)13-15-24/h5-6,8,10-16,22,25,29,32H,7,9,17-19H2,1-4H3/t22-,25-,29+/m0/s1. The molecule has 0 unspecified atom stereocenters. The molecule has 0 saturated heterocycles. The molecule has 0 fully saturated rings. The maximum Gasteiger partial charge on any atom is 0.247 e. The first-order valence-electron chi connectivity index (χ1n) is 13.2. The van der Waals surface area contributed by atoms with Crippen LogP contribution in [0.1, 0.15) is 57.6 Å². The van der Waals surface area contributed by atoms with Gasteiger partial charge in [-0.2, -0.15) is 4.98 Å². The Kier molecular flexibility index (Phi) is 7.94. The van der Waals surface area contributed by atoms with Crippen LogP contribution >= 0.6 is 11.8 Å². The molecular weight excluding hydrogens is 476 g/mol. The van der Waals surface area contributed by atoms with Gasteiger partial charge in [0.2, 0.25) is 11.0 Å². The van der Waals surface area contributed by atoms with Gasteiger partial charge in [0.25, 0.3) is 0 Å². The van der Waals surface area contributed by atoms with E-state index in [0.717, 1.165) is 42.7 Å². The van der Waals surface area contributed by atoms with E-state index >= 15 is 0 Å². The number of hydrogen-bond acceptors (Lipinski definition) is 6. The van der Waals surface area contributed by atoms with Crippen molar-refractivity contribution in [2.24, 2.45) is 11.8 Å². The number of rotatable bonds is 7. The number of thioether (sulfide) groups is 1. The van der Waals surface area contributed by atoms with Gasteiger partial charge in [0.15, 0.2) is 11.9 Å². The third kappa shape index (κ3) is 6.24. The summed E-state index contributed by atoms with van der Waals surface area (Å²) in [6, 6.07) is 16.8. The molecule has 1 aliphatic heterocycles. The van der Waals surface area contributed by atoms with Crippen molar-refractivity contribution in [3.63, 3.8) is 0 Å². The molecule has 2 heterocycles. The van der Waals surface area contributed by atoms with Crippen LogP contribution in [0.4, 0.5) is 5.69 Å². The molecule has 0 amide bonds. The van der Waals surface area contributed by atoms with Gasteiger partial charge in [-0.05, 0) is 64.0 Å². The lowest BCUT2D eigenvalue weighted by Gasteiger charge is -2.35. The fourth-order valence-corrected chi connectivity index (χ4v) is 5.85. The lowest BCUT2D eigenvalue weighted by atomic mass is 9.78. The number of nitrogens with one attached hydrogen (secondary N) is 1. The summed E-state index contributed by atoms with van der Waals surface area (Å²) >= 11 is 1.59. The van der Waals surface area contributed by atoms with Gasteiger partial charge in [-0.3, -0.25) is 0 Å². The van der Waals surface area contributed by atoms with E-state index < -0.39 is 0 Å². The molecular formula is C31H36N4OS. The summed E-state index contributed by atoms with van der Waals surface area (Å²) in [5.41, 5.74) is 8.16. The molecule has 2 aromatic carbocycles. The van der Waals surface area contributed by atoms with Crippen molar-refractivity contribution in [1.29, 1.82) is 0 Å². The second kappa shape index (κ2) is 11.5. The minimum atomic E-state index is -0.181. The third-order valence-electron chi connectivity index (χ3n) is 7.24. The average molecular weight is 513 g/mol. The third-order valence-corrected chi connectivity index (χ3v) is 8.15. The second-order valence-corrected chi connectivity index (χ2v) is 11.5. The predicted molar refractivity (Wildman–Crippen MR) is 153 cm³/mol. The van der Waals surface area contributed by atoms with Gasteiger partial charge in [0.1, 0.15) is 0 Å². The topological polar surface area (TPSA) is 59.9 Å². The number of nitrogens with zero attached hydrogens (tertiary/aromatic N) is 3. The fraction of sp³-hybridized carbons (Fsp3) is 0.387. The van der Waals surface area contributed by atoms with Crippen LogP contribution in [0, 0.1) is 18.8 Å². The van der Waals surface area contributed by atoms with Crippen molar-refractivity contribution in [2.45, 2.75) is 70.5 Å². The van der Waals surface area contributed by atoms with Crippen LogP contribution in [-0.2, 0) is 5.75 Å². The number of aryl methyl sites for hydroxylation is 1. The number of allylic oxidation sites excluding steroid dienone is 4. The van der Waals surface area contributed by atoms with Gasteiger partial charge >= 0.3 is 0 Å². The zero-order valence-corrected chi connectivity index (χ0v) is 23.0. The second-order valence-electron chi connectivity index (χ2n) is 10.5. The Hall–Kier alpha value is -3.12. The number of para-hydroxylation sites is 1. The fourth-order valence-electron chi connectivity index (χ4n) is 5.11. The zero-order valence-electron chi connectivity index (χ0n) is 22.2. The predicted octanol–water partition coefficient (Wildman–Crippen LogP) is 7.99. The minimum Gasteiger partial charge on any atom is -0.452 e. The van der Waals surface area contributed by atoms with Gasteiger partial charge in [-0.15, -0.1) is 10.2 Å².